The van der Waals surface area contributed by atoms with Gasteiger partial charge in [0.2, 0.25) is 5.91 Å². The van der Waals surface area contributed by atoms with Gasteiger partial charge in [-0.05, 0) is 19.4 Å². The first-order valence-corrected chi connectivity index (χ1v) is 4.83. The third-order valence-electron chi connectivity index (χ3n) is 2.28. The molecule has 0 aliphatic carbocycles. The molecule has 1 saturated heterocycles. The molecule has 76 valence electrons. The predicted molar refractivity (Wildman–Crippen MR) is 52.3 cm³/mol. The van der Waals surface area contributed by atoms with Gasteiger partial charge in [0.05, 0.1) is 6.54 Å². The molecule has 0 bridgehead atoms. The highest BCUT2D eigenvalue weighted by atomic mass is 16.2. The van der Waals surface area contributed by atoms with Crippen LogP contribution in [0, 0.1) is 5.92 Å². The van der Waals surface area contributed by atoms with Gasteiger partial charge in [-0.25, -0.2) is 0 Å². The maximum atomic E-state index is 11.2. The summed E-state index contributed by atoms with van der Waals surface area (Å²) >= 11 is 0. The number of carbonyl (C=O) groups excluding carboxylic acids is 1. The fraction of sp³-hybridized carbons (Fsp3) is 0.889. The van der Waals surface area contributed by atoms with Crippen LogP contribution in [-0.4, -0.2) is 43.0 Å². The molecule has 13 heavy (non-hydrogen) atoms. The molecule has 4 nitrogen and oxygen atoms in total. The van der Waals surface area contributed by atoms with E-state index in [1.54, 1.807) is 0 Å². The highest BCUT2D eigenvalue weighted by Gasteiger charge is 2.21. The number of carbonyl (C=O) groups is 1. The minimum atomic E-state index is 0.128. The van der Waals surface area contributed by atoms with E-state index >= 15 is 0 Å². The maximum absolute atomic E-state index is 11.2. The van der Waals surface area contributed by atoms with Gasteiger partial charge in [0, 0.05) is 19.1 Å². The molecule has 0 radical (unpaired) electrons. The Hall–Kier alpha value is -0.610. The van der Waals surface area contributed by atoms with Crippen LogP contribution >= 0.6 is 0 Å². The largest absolute Gasteiger partial charge is 0.351 e. The molecule has 1 heterocycles. The number of piperazine rings is 1. The minimum absolute atomic E-state index is 0.128. The van der Waals surface area contributed by atoms with Crippen molar-refractivity contribution in [1.82, 2.24) is 10.2 Å². The molecule has 1 rings (SSSR count). The highest BCUT2D eigenvalue weighted by molar-refractivity contribution is 5.79. The molecule has 0 aromatic carbocycles. The van der Waals surface area contributed by atoms with Crippen molar-refractivity contribution in [2.24, 2.45) is 11.7 Å². The normalized spacial score (nSPS) is 27.0. The van der Waals surface area contributed by atoms with Crippen LogP contribution < -0.4 is 11.1 Å². The van der Waals surface area contributed by atoms with E-state index < -0.39 is 0 Å². The summed E-state index contributed by atoms with van der Waals surface area (Å²) in [6.07, 6.45) is 0. The van der Waals surface area contributed by atoms with Gasteiger partial charge < -0.3 is 11.1 Å². The third-order valence-corrected chi connectivity index (χ3v) is 2.28. The Kier molecular flexibility index (Phi) is 3.69. The first-order valence-electron chi connectivity index (χ1n) is 4.83. The summed E-state index contributed by atoms with van der Waals surface area (Å²) in [6, 6.07) is 0.270. The minimum Gasteiger partial charge on any atom is -0.351 e. The fourth-order valence-electron chi connectivity index (χ4n) is 1.68. The molecule has 1 aliphatic heterocycles. The van der Waals surface area contributed by atoms with Crippen LogP contribution in [0.5, 0.6) is 0 Å². The number of rotatable bonds is 3. The zero-order valence-corrected chi connectivity index (χ0v) is 8.42. The average molecular weight is 185 g/mol. The number of nitrogens with one attached hydrogen (secondary N) is 1. The van der Waals surface area contributed by atoms with Crippen LogP contribution in [0.25, 0.3) is 0 Å². The Balaban J connectivity index is 2.37. The predicted octanol–water partition coefficient (Wildman–Crippen LogP) is -0.598. The van der Waals surface area contributed by atoms with E-state index in [-0.39, 0.29) is 11.9 Å². The van der Waals surface area contributed by atoms with Crippen molar-refractivity contribution in [3.05, 3.63) is 0 Å². The number of amides is 1. The highest BCUT2D eigenvalue weighted by Crippen LogP contribution is 2.03. The van der Waals surface area contributed by atoms with Gasteiger partial charge in [-0.15, -0.1) is 0 Å². The van der Waals surface area contributed by atoms with Crippen molar-refractivity contribution in [1.29, 1.82) is 0 Å². The smallest absolute Gasteiger partial charge is 0.234 e. The molecule has 2 unspecified atom stereocenters. The van der Waals surface area contributed by atoms with Crippen LogP contribution in [0.15, 0.2) is 0 Å². The van der Waals surface area contributed by atoms with E-state index in [0.29, 0.717) is 19.0 Å². The molecule has 1 aliphatic rings. The average Bonchev–Trinajstić information content (AvgIpc) is 2.02. The molecule has 2 atom stereocenters. The lowest BCUT2D eigenvalue weighted by atomic mass is 10.1. The molecule has 1 amide bonds. The van der Waals surface area contributed by atoms with Crippen LogP contribution in [-0.2, 0) is 4.79 Å². The molecule has 1 fully saturated rings. The lowest BCUT2D eigenvalue weighted by molar-refractivity contribution is -0.125. The van der Waals surface area contributed by atoms with Gasteiger partial charge in [-0.1, -0.05) is 6.92 Å². The van der Waals surface area contributed by atoms with E-state index in [2.05, 4.69) is 17.1 Å². The Morgan fingerprint density at radius 2 is 2.46 bits per heavy atom. The van der Waals surface area contributed by atoms with Gasteiger partial charge in [-0.3, -0.25) is 9.69 Å². The molecule has 0 saturated carbocycles. The van der Waals surface area contributed by atoms with Gasteiger partial charge in [-0.2, -0.15) is 0 Å². The first-order chi connectivity index (χ1) is 6.11. The fourth-order valence-corrected chi connectivity index (χ4v) is 1.68. The van der Waals surface area contributed by atoms with E-state index in [9.17, 15) is 4.79 Å². The topological polar surface area (TPSA) is 58.4 Å². The van der Waals surface area contributed by atoms with E-state index in [0.717, 1.165) is 13.1 Å². The lowest BCUT2D eigenvalue weighted by Gasteiger charge is -2.32. The Labute approximate surface area is 79.5 Å². The summed E-state index contributed by atoms with van der Waals surface area (Å²) in [7, 11) is 0. The second kappa shape index (κ2) is 4.58. The second-order valence-electron chi connectivity index (χ2n) is 4.00. The van der Waals surface area contributed by atoms with Crippen LogP contribution in [0.2, 0.25) is 0 Å². The van der Waals surface area contributed by atoms with Crippen LogP contribution in [0.3, 0.4) is 0 Å². The first kappa shape index (κ1) is 10.5. The summed E-state index contributed by atoms with van der Waals surface area (Å²) < 4.78 is 0. The lowest BCUT2D eigenvalue weighted by Crippen LogP contribution is -2.53. The van der Waals surface area contributed by atoms with E-state index in [4.69, 9.17) is 5.73 Å². The molecule has 0 aromatic heterocycles. The zero-order valence-electron chi connectivity index (χ0n) is 8.42. The van der Waals surface area contributed by atoms with Crippen molar-refractivity contribution in [2.75, 3.05) is 26.2 Å². The van der Waals surface area contributed by atoms with Gasteiger partial charge >= 0.3 is 0 Å². The SMILES string of the molecule is CC(CN)CN1CC(=O)NC(C)C1. The van der Waals surface area contributed by atoms with Gasteiger partial charge in [0.15, 0.2) is 0 Å². The Morgan fingerprint density at radius 1 is 1.77 bits per heavy atom. The quantitative estimate of drug-likeness (QED) is 0.617. The molecule has 4 heteroatoms. The molecule has 3 N–H and O–H groups in total. The van der Waals surface area contributed by atoms with Gasteiger partial charge in [0.25, 0.3) is 0 Å². The Morgan fingerprint density at radius 3 is 3.00 bits per heavy atom. The number of hydrogen-bond donors (Lipinski definition) is 2. The van der Waals surface area contributed by atoms with Crippen LogP contribution in [0.4, 0.5) is 0 Å². The van der Waals surface area contributed by atoms with Crippen molar-refractivity contribution < 1.29 is 4.79 Å². The summed E-state index contributed by atoms with van der Waals surface area (Å²) in [5, 5.41) is 2.89. The van der Waals surface area contributed by atoms with Crippen LogP contribution in [0.1, 0.15) is 13.8 Å². The summed E-state index contributed by atoms with van der Waals surface area (Å²) in [6.45, 7) is 7.21. The number of hydrogen-bond acceptors (Lipinski definition) is 3. The van der Waals surface area contributed by atoms with Gasteiger partial charge in [0.1, 0.15) is 0 Å². The van der Waals surface area contributed by atoms with E-state index in [1.807, 2.05) is 6.92 Å². The second-order valence-corrected chi connectivity index (χ2v) is 4.00. The third kappa shape index (κ3) is 3.32. The molecule has 0 aromatic rings. The van der Waals surface area contributed by atoms with Crippen molar-refractivity contribution >= 4 is 5.91 Å². The Bertz CT molecular complexity index is 184. The monoisotopic (exact) mass is 185 g/mol. The number of nitrogens with zero attached hydrogens (tertiary/aromatic N) is 1. The zero-order chi connectivity index (χ0) is 9.84. The molecule has 0 spiro atoms. The standard InChI is InChI=1S/C9H19N3O/c1-7(3-10)4-12-5-8(2)11-9(13)6-12/h7-8H,3-6,10H2,1-2H3,(H,11,13). The maximum Gasteiger partial charge on any atom is 0.234 e. The van der Waals surface area contributed by atoms with Crippen molar-refractivity contribution in [2.45, 2.75) is 19.9 Å². The summed E-state index contributed by atoms with van der Waals surface area (Å²) in [5.41, 5.74) is 5.53. The summed E-state index contributed by atoms with van der Waals surface area (Å²) in [5.74, 6) is 0.598. The molecular weight excluding hydrogens is 166 g/mol. The number of nitrogens with two attached hydrogens (primary N) is 1. The summed E-state index contributed by atoms with van der Waals surface area (Å²) in [4.78, 5) is 13.3. The van der Waals surface area contributed by atoms with E-state index in [1.165, 1.54) is 0 Å². The van der Waals surface area contributed by atoms with Crippen molar-refractivity contribution in [3.63, 3.8) is 0 Å². The molecular formula is C9H19N3O. The van der Waals surface area contributed by atoms with Crippen molar-refractivity contribution in [3.8, 4) is 0 Å².